The molecule has 6 nitrogen and oxygen atoms in total. The van der Waals surface area contributed by atoms with Gasteiger partial charge in [-0.25, -0.2) is 0 Å². The van der Waals surface area contributed by atoms with Crippen molar-refractivity contribution in [2.45, 2.75) is 12.3 Å². The second kappa shape index (κ2) is 5.22. The van der Waals surface area contributed by atoms with Gasteiger partial charge in [0.2, 0.25) is 0 Å². The molecule has 0 saturated carbocycles. The van der Waals surface area contributed by atoms with Gasteiger partial charge in [0, 0.05) is 26.2 Å². The number of nitrogens with zero attached hydrogens (tertiary/aromatic N) is 2. The molecule has 7 heteroatoms. The fraction of sp³-hybridized carbons (Fsp3) is 1.00. The summed E-state index contributed by atoms with van der Waals surface area (Å²) in [5.41, 5.74) is 0. The molecule has 15 heavy (non-hydrogen) atoms. The van der Waals surface area contributed by atoms with Crippen LogP contribution in [0.3, 0.4) is 0 Å². The van der Waals surface area contributed by atoms with Crippen LogP contribution in [-0.2, 0) is 10.1 Å². The highest BCUT2D eigenvalue weighted by Crippen LogP contribution is 2.10. The molecule has 0 bridgehead atoms. The average Bonchev–Trinajstić information content (AvgIpc) is 2.18. The van der Waals surface area contributed by atoms with Crippen molar-refractivity contribution in [2.75, 3.05) is 39.3 Å². The molecule has 0 aromatic rings. The molecule has 0 radical (unpaired) electrons. The van der Waals surface area contributed by atoms with E-state index in [0.29, 0.717) is 13.1 Å². The molecule has 0 aliphatic carbocycles. The third kappa shape index (κ3) is 3.39. The molecule has 0 aromatic heterocycles. The summed E-state index contributed by atoms with van der Waals surface area (Å²) in [5.74, 6) is 0. The van der Waals surface area contributed by atoms with E-state index in [4.69, 9.17) is 9.66 Å². The average molecular weight is 238 g/mol. The molecule has 1 fully saturated rings. The van der Waals surface area contributed by atoms with Crippen LogP contribution in [0, 0.1) is 0 Å². The summed E-state index contributed by atoms with van der Waals surface area (Å²) in [6, 6.07) is 0. The van der Waals surface area contributed by atoms with Crippen molar-refractivity contribution in [3.63, 3.8) is 0 Å². The molecular weight excluding hydrogens is 220 g/mol. The Morgan fingerprint density at radius 1 is 1.27 bits per heavy atom. The van der Waals surface area contributed by atoms with Gasteiger partial charge < -0.3 is 10.0 Å². The summed E-state index contributed by atoms with van der Waals surface area (Å²) in [6.07, 6.45) is 0. The maximum atomic E-state index is 11.0. The maximum absolute atomic E-state index is 11.0. The monoisotopic (exact) mass is 238 g/mol. The Morgan fingerprint density at radius 3 is 2.13 bits per heavy atom. The minimum Gasteiger partial charge on any atom is -0.394 e. The number of aliphatic hydroxyl groups excluding tert-OH is 1. The number of hydrogen-bond acceptors (Lipinski definition) is 5. The van der Waals surface area contributed by atoms with Gasteiger partial charge in [-0.2, -0.15) is 8.42 Å². The van der Waals surface area contributed by atoms with Crippen molar-refractivity contribution < 1.29 is 18.1 Å². The smallest absolute Gasteiger partial charge is 0.283 e. The predicted octanol–water partition coefficient (Wildman–Crippen LogP) is -1.17. The van der Waals surface area contributed by atoms with Crippen LogP contribution in [-0.4, -0.2) is 72.6 Å². The number of rotatable bonds is 4. The first-order chi connectivity index (χ1) is 6.99. The number of likely N-dealkylation sites (N-methyl/N-ethyl adjacent to an activating group) is 1. The van der Waals surface area contributed by atoms with E-state index < -0.39 is 22.1 Å². The van der Waals surface area contributed by atoms with Gasteiger partial charge in [0.25, 0.3) is 10.1 Å². The van der Waals surface area contributed by atoms with E-state index in [-0.39, 0.29) is 0 Å². The zero-order valence-corrected chi connectivity index (χ0v) is 9.65. The summed E-state index contributed by atoms with van der Waals surface area (Å²) < 4.78 is 30.8. The molecule has 1 atom stereocenters. The Kier molecular flexibility index (Phi) is 4.47. The van der Waals surface area contributed by atoms with Crippen LogP contribution in [0.5, 0.6) is 0 Å². The van der Waals surface area contributed by atoms with Crippen LogP contribution in [0.2, 0.25) is 0 Å². The lowest BCUT2D eigenvalue weighted by Gasteiger charge is -2.36. The Labute approximate surface area is 90.2 Å². The minimum atomic E-state index is -4.18. The van der Waals surface area contributed by atoms with E-state index in [9.17, 15) is 8.42 Å². The number of aliphatic hydroxyl groups is 1. The van der Waals surface area contributed by atoms with Crippen LogP contribution in [0.4, 0.5) is 0 Å². The van der Waals surface area contributed by atoms with Crippen LogP contribution in [0.25, 0.3) is 0 Å². The van der Waals surface area contributed by atoms with E-state index >= 15 is 0 Å². The third-order valence-electron chi connectivity index (χ3n) is 2.76. The van der Waals surface area contributed by atoms with Gasteiger partial charge in [-0.05, 0) is 6.54 Å². The first-order valence-electron chi connectivity index (χ1n) is 5.02. The van der Waals surface area contributed by atoms with E-state index in [1.165, 1.54) is 0 Å². The third-order valence-corrected chi connectivity index (χ3v) is 3.90. The van der Waals surface area contributed by atoms with Gasteiger partial charge in [0.05, 0.1) is 6.61 Å². The van der Waals surface area contributed by atoms with Crippen molar-refractivity contribution in [1.82, 2.24) is 9.80 Å². The van der Waals surface area contributed by atoms with Crippen molar-refractivity contribution >= 4 is 10.1 Å². The van der Waals surface area contributed by atoms with Crippen LogP contribution in [0.1, 0.15) is 6.92 Å². The number of piperazine rings is 1. The zero-order chi connectivity index (χ0) is 11.5. The lowest BCUT2D eigenvalue weighted by Crippen LogP contribution is -2.53. The molecule has 1 heterocycles. The summed E-state index contributed by atoms with van der Waals surface area (Å²) >= 11 is 0. The highest BCUT2D eigenvalue weighted by atomic mass is 32.2. The molecule has 1 unspecified atom stereocenters. The van der Waals surface area contributed by atoms with Crippen molar-refractivity contribution in [1.29, 1.82) is 0 Å². The lowest BCUT2D eigenvalue weighted by atomic mass is 10.3. The van der Waals surface area contributed by atoms with Crippen LogP contribution in [0.15, 0.2) is 0 Å². The van der Waals surface area contributed by atoms with Gasteiger partial charge in [0.15, 0.2) is 5.37 Å². The maximum Gasteiger partial charge on any atom is 0.283 e. The molecule has 0 amide bonds. The molecule has 1 rings (SSSR count). The van der Waals surface area contributed by atoms with Gasteiger partial charge in [-0.1, -0.05) is 6.92 Å². The molecule has 0 aromatic carbocycles. The standard InChI is InChI=1S/C8H18N2O4S/c1-2-9-3-5-10(6-4-9)8(7-11)15(12,13)14/h8,11H,2-7H2,1H3,(H,12,13,14). The second-order valence-corrected chi connectivity index (χ2v) is 5.20. The summed E-state index contributed by atoms with van der Waals surface area (Å²) in [4.78, 5) is 3.79. The van der Waals surface area contributed by atoms with E-state index in [2.05, 4.69) is 4.90 Å². The van der Waals surface area contributed by atoms with E-state index in [1.54, 1.807) is 4.90 Å². The van der Waals surface area contributed by atoms with Gasteiger partial charge >= 0.3 is 0 Å². The SMILES string of the molecule is CCN1CCN(C(CO)S(=O)(=O)O)CC1. The van der Waals surface area contributed by atoms with Gasteiger partial charge in [-0.15, -0.1) is 0 Å². The normalized spacial score (nSPS) is 22.9. The highest BCUT2D eigenvalue weighted by molar-refractivity contribution is 7.86. The van der Waals surface area contributed by atoms with Crippen molar-refractivity contribution in [3.8, 4) is 0 Å². The molecule has 90 valence electrons. The Balaban J connectivity index is 2.58. The van der Waals surface area contributed by atoms with E-state index in [1.807, 2.05) is 6.92 Å². The largest absolute Gasteiger partial charge is 0.394 e. The molecule has 1 saturated heterocycles. The predicted molar refractivity (Wildman–Crippen MR) is 56.1 cm³/mol. The molecular formula is C8H18N2O4S. The van der Waals surface area contributed by atoms with Gasteiger partial charge in [0.1, 0.15) is 0 Å². The van der Waals surface area contributed by atoms with E-state index in [0.717, 1.165) is 19.6 Å². The summed E-state index contributed by atoms with van der Waals surface area (Å²) in [5, 5.41) is 7.77. The van der Waals surface area contributed by atoms with Crippen molar-refractivity contribution in [2.24, 2.45) is 0 Å². The number of hydrogen-bond donors (Lipinski definition) is 2. The Hall–Kier alpha value is -0.210. The topological polar surface area (TPSA) is 81.1 Å². The first-order valence-corrected chi connectivity index (χ1v) is 6.53. The minimum absolute atomic E-state index is 0.554. The zero-order valence-electron chi connectivity index (χ0n) is 8.83. The summed E-state index contributed by atoms with van der Waals surface area (Å²) in [6.45, 7) is 5.05. The fourth-order valence-electron chi connectivity index (χ4n) is 1.77. The first kappa shape index (κ1) is 12.9. The summed E-state index contributed by atoms with van der Waals surface area (Å²) in [7, 11) is -4.18. The second-order valence-electron chi connectivity index (χ2n) is 3.62. The Bertz CT molecular complexity index is 285. The fourth-order valence-corrected chi connectivity index (χ4v) is 2.54. The van der Waals surface area contributed by atoms with Gasteiger partial charge in [-0.3, -0.25) is 9.45 Å². The quantitative estimate of drug-likeness (QED) is 0.601. The van der Waals surface area contributed by atoms with Crippen LogP contribution >= 0.6 is 0 Å². The Morgan fingerprint density at radius 2 is 1.80 bits per heavy atom. The molecule has 2 N–H and O–H groups in total. The lowest BCUT2D eigenvalue weighted by molar-refractivity contribution is 0.0955. The molecule has 1 aliphatic rings. The molecule has 1 aliphatic heterocycles. The molecule has 0 spiro atoms. The van der Waals surface area contributed by atoms with Crippen molar-refractivity contribution in [3.05, 3.63) is 0 Å². The van der Waals surface area contributed by atoms with Crippen LogP contribution < -0.4 is 0 Å². The highest BCUT2D eigenvalue weighted by Gasteiger charge is 2.31.